The Morgan fingerprint density at radius 2 is 0.974 bits per heavy atom. The van der Waals surface area contributed by atoms with Crippen LogP contribution in [0.3, 0.4) is 0 Å². The van der Waals surface area contributed by atoms with Crippen molar-refractivity contribution >= 4 is 22.8 Å². The molecule has 1 heterocycles. The summed E-state index contributed by atoms with van der Waals surface area (Å²) in [6.45, 7) is 26.2. The van der Waals surface area contributed by atoms with Crippen LogP contribution in [0.15, 0.2) is 46.5 Å². The van der Waals surface area contributed by atoms with E-state index in [1.807, 2.05) is 26.1 Å². The zero-order valence-electron chi connectivity index (χ0n) is 25.6. The first kappa shape index (κ1) is 29.4. The minimum Gasteiger partial charge on any atom is -0.251 e. The van der Waals surface area contributed by atoms with Crippen LogP contribution in [0, 0.1) is 13.8 Å². The molecule has 0 bridgehead atoms. The molecule has 0 saturated heterocycles. The van der Waals surface area contributed by atoms with E-state index in [-0.39, 0.29) is 0 Å². The van der Waals surface area contributed by atoms with Gasteiger partial charge in [-0.05, 0) is 79.7 Å². The molecule has 3 aromatic rings. The lowest BCUT2D eigenvalue weighted by atomic mass is 9.90. The van der Waals surface area contributed by atoms with Gasteiger partial charge in [-0.1, -0.05) is 90.8 Å². The highest BCUT2D eigenvalue weighted by atomic mass is 14.9. The van der Waals surface area contributed by atoms with Gasteiger partial charge in [0.05, 0.1) is 28.5 Å². The van der Waals surface area contributed by atoms with Gasteiger partial charge in [0.15, 0.2) is 5.82 Å². The van der Waals surface area contributed by atoms with Crippen molar-refractivity contribution < 1.29 is 0 Å². The van der Waals surface area contributed by atoms with Gasteiger partial charge in [0.1, 0.15) is 0 Å². The molecule has 0 spiro atoms. The molecule has 0 atom stereocenters. The Balaban J connectivity index is 2.12. The van der Waals surface area contributed by atoms with Crippen LogP contribution in [-0.4, -0.2) is 21.4 Å². The number of benzene rings is 2. The zero-order valence-corrected chi connectivity index (χ0v) is 25.6. The van der Waals surface area contributed by atoms with Crippen LogP contribution in [0.25, 0.3) is 0 Å². The summed E-state index contributed by atoms with van der Waals surface area (Å²) >= 11 is 0. The minimum absolute atomic E-state index is 0.375. The van der Waals surface area contributed by atoms with Gasteiger partial charge in [0, 0.05) is 6.20 Å². The average molecular weight is 511 g/mol. The van der Waals surface area contributed by atoms with Crippen molar-refractivity contribution in [1.29, 1.82) is 0 Å². The average Bonchev–Trinajstić information content (AvgIpc) is 2.84. The first-order valence-electron chi connectivity index (χ1n) is 14.0. The van der Waals surface area contributed by atoms with Crippen molar-refractivity contribution in [3.05, 3.63) is 81.4 Å². The maximum Gasteiger partial charge on any atom is 0.174 e. The second kappa shape index (κ2) is 12.1. The van der Waals surface area contributed by atoms with Crippen molar-refractivity contribution in [3.8, 4) is 0 Å². The number of aryl methyl sites for hydroxylation is 2. The van der Waals surface area contributed by atoms with E-state index in [2.05, 4.69) is 98.5 Å². The van der Waals surface area contributed by atoms with Crippen LogP contribution < -0.4 is 0 Å². The molecule has 4 nitrogen and oxygen atoms in total. The van der Waals surface area contributed by atoms with E-state index in [1.54, 1.807) is 0 Å². The summed E-state index contributed by atoms with van der Waals surface area (Å²) in [4.78, 5) is 19.8. The molecule has 38 heavy (non-hydrogen) atoms. The van der Waals surface area contributed by atoms with Gasteiger partial charge in [-0.2, -0.15) is 0 Å². The maximum atomic E-state index is 5.17. The SMILES string of the molecule is CC(=Nc1c(C(C)C)cc(C)cc1C(C)C)c1ccnc(C(C)=Nc2c(C(C)C)cc(C)cc2C(C)C)n1. The first-order valence-corrected chi connectivity index (χ1v) is 14.0. The molecular weight excluding hydrogens is 464 g/mol. The van der Waals surface area contributed by atoms with Gasteiger partial charge < -0.3 is 0 Å². The summed E-state index contributed by atoms with van der Waals surface area (Å²) in [5.74, 6) is 2.16. The third kappa shape index (κ3) is 6.64. The number of aliphatic imine (C=N–C) groups is 2. The molecule has 202 valence electrons. The fourth-order valence-electron chi connectivity index (χ4n) is 4.87. The lowest BCUT2D eigenvalue weighted by Crippen LogP contribution is -2.09. The molecule has 2 aromatic carbocycles. The Morgan fingerprint density at radius 1 is 0.605 bits per heavy atom. The smallest absolute Gasteiger partial charge is 0.174 e. The molecule has 3 rings (SSSR count). The van der Waals surface area contributed by atoms with Gasteiger partial charge in [0.2, 0.25) is 0 Å². The molecule has 0 unspecified atom stereocenters. The van der Waals surface area contributed by atoms with E-state index in [0.717, 1.165) is 28.5 Å². The summed E-state index contributed by atoms with van der Waals surface area (Å²) in [5, 5.41) is 0. The molecule has 0 amide bonds. The van der Waals surface area contributed by atoms with Gasteiger partial charge >= 0.3 is 0 Å². The van der Waals surface area contributed by atoms with E-state index in [0.29, 0.717) is 29.5 Å². The summed E-state index contributed by atoms with van der Waals surface area (Å²) in [6, 6.07) is 11.0. The van der Waals surface area contributed by atoms with Crippen molar-refractivity contribution in [2.75, 3.05) is 0 Å². The molecule has 0 fully saturated rings. The lowest BCUT2D eigenvalue weighted by Gasteiger charge is -2.19. The number of hydrogen-bond acceptors (Lipinski definition) is 4. The minimum atomic E-state index is 0.375. The van der Waals surface area contributed by atoms with Crippen LogP contribution in [0.4, 0.5) is 11.4 Å². The van der Waals surface area contributed by atoms with Crippen LogP contribution >= 0.6 is 0 Å². The summed E-state index contributed by atoms with van der Waals surface area (Å²) in [5.41, 5.74) is 12.3. The summed E-state index contributed by atoms with van der Waals surface area (Å²) in [6.07, 6.45) is 1.82. The highest BCUT2D eigenvalue weighted by Gasteiger charge is 2.18. The number of nitrogens with zero attached hydrogens (tertiary/aromatic N) is 4. The molecule has 0 radical (unpaired) electrons. The lowest BCUT2D eigenvalue weighted by molar-refractivity contribution is 0.831. The number of rotatable bonds is 8. The largest absolute Gasteiger partial charge is 0.251 e. The Morgan fingerprint density at radius 3 is 1.34 bits per heavy atom. The number of hydrogen-bond donors (Lipinski definition) is 0. The molecule has 0 aliphatic heterocycles. The van der Waals surface area contributed by atoms with Crippen LogP contribution in [0.2, 0.25) is 0 Å². The van der Waals surface area contributed by atoms with Crippen molar-refractivity contribution in [3.63, 3.8) is 0 Å². The third-order valence-electron chi connectivity index (χ3n) is 7.02. The quantitative estimate of drug-likeness (QED) is 0.283. The Bertz CT molecular complexity index is 1200. The van der Waals surface area contributed by atoms with E-state index < -0.39 is 0 Å². The molecule has 1 aromatic heterocycles. The normalized spacial score (nSPS) is 12.9. The van der Waals surface area contributed by atoms with Crippen molar-refractivity contribution in [1.82, 2.24) is 9.97 Å². The fraction of sp³-hybridized carbons (Fsp3) is 0.471. The Kier molecular flexibility index (Phi) is 9.40. The fourth-order valence-corrected chi connectivity index (χ4v) is 4.87. The zero-order chi connectivity index (χ0) is 28.3. The molecule has 0 aliphatic rings. The predicted molar refractivity (Wildman–Crippen MR) is 164 cm³/mol. The first-order chi connectivity index (χ1) is 17.8. The topological polar surface area (TPSA) is 50.5 Å². The van der Waals surface area contributed by atoms with Gasteiger partial charge in [-0.3, -0.25) is 4.99 Å². The molecule has 4 heteroatoms. The van der Waals surface area contributed by atoms with Crippen molar-refractivity contribution in [2.45, 2.75) is 107 Å². The molecule has 0 aliphatic carbocycles. The predicted octanol–water partition coefficient (Wildman–Crippen LogP) is 9.87. The van der Waals surface area contributed by atoms with Crippen molar-refractivity contribution in [2.24, 2.45) is 9.98 Å². The molecule has 0 N–H and O–H groups in total. The van der Waals surface area contributed by atoms with Gasteiger partial charge in [0.25, 0.3) is 0 Å². The Labute approximate surface area is 230 Å². The third-order valence-corrected chi connectivity index (χ3v) is 7.02. The van der Waals surface area contributed by atoms with Gasteiger partial charge in [-0.25, -0.2) is 15.0 Å². The van der Waals surface area contributed by atoms with E-state index in [9.17, 15) is 0 Å². The number of aromatic nitrogens is 2. The highest BCUT2D eigenvalue weighted by molar-refractivity contribution is 6.01. The van der Waals surface area contributed by atoms with E-state index in [4.69, 9.17) is 15.0 Å². The van der Waals surface area contributed by atoms with E-state index >= 15 is 0 Å². The summed E-state index contributed by atoms with van der Waals surface area (Å²) in [7, 11) is 0. The van der Waals surface area contributed by atoms with E-state index in [1.165, 1.54) is 33.4 Å². The highest BCUT2D eigenvalue weighted by Crippen LogP contribution is 2.37. The molecule has 0 saturated carbocycles. The standard InChI is InChI=1S/C34H46N4/c1-19(2)27-15-23(9)16-28(20(3)4)32(27)36-25(11)31-13-14-35-34(38-31)26(12)37-33-29(21(5)6)17-24(10)18-30(33)22(7)8/h13-22H,1-12H3. The van der Waals surface area contributed by atoms with Gasteiger partial charge in [-0.15, -0.1) is 0 Å². The molecular formula is C34H46N4. The maximum absolute atomic E-state index is 5.17. The summed E-state index contributed by atoms with van der Waals surface area (Å²) < 4.78 is 0. The Hall–Kier alpha value is -3.14. The van der Waals surface area contributed by atoms with Crippen LogP contribution in [-0.2, 0) is 0 Å². The second-order valence-electron chi connectivity index (χ2n) is 11.9. The van der Waals surface area contributed by atoms with Crippen LogP contribution in [0.1, 0.15) is 138 Å². The second-order valence-corrected chi connectivity index (χ2v) is 11.9. The monoisotopic (exact) mass is 510 g/mol. The van der Waals surface area contributed by atoms with Crippen LogP contribution in [0.5, 0.6) is 0 Å².